The number of rotatable bonds is 26. The summed E-state index contributed by atoms with van der Waals surface area (Å²) >= 11 is 0. The minimum atomic E-state index is -5.32. The second-order valence-electron chi connectivity index (χ2n) is 27.2. The molecule has 0 spiro atoms. The molecule has 7 heterocycles. The molecule has 94 heavy (non-hydrogen) atoms. The minimum absolute atomic E-state index is 0. The van der Waals surface area contributed by atoms with Gasteiger partial charge in [-0.3, -0.25) is 53.1 Å². The number of nitrogens with two attached hydrogens (primary N) is 6. The van der Waals surface area contributed by atoms with Gasteiger partial charge in [0.15, 0.2) is 6.23 Å². The van der Waals surface area contributed by atoms with Gasteiger partial charge < -0.3 is 83.6 Å². The van der Waals surface area contributed by atoms with Crippen molar-refractivity contribution in [2.75, 3.05) is 13.2 Å². The van der Waals surface area contributed by atoms with E-state index in [9.17, 15) is 53.2 Å². The van der Waals surface area contributed by atoms with Gasteiger partial charge in [-0.15, -0.1) is 6.58 Å². The molecule has 0 radical (unpaired) electrons. The molecule has 15 N–H and O–H groups in total. The van der Waals surface area contributed by atoms with Gasteiger partial charge in [0.2, 0.25) is 41.4 Å². The first-order valence-electron chi connectivity index (χ1n) is 31.1. The third kappa shape index (κ3) is 15.0. The van der Waals surface area contributed by atoms with E-state index >= 15 is 0 Å². The molecule has 1 aromatic carbocycles. The summed E-state index contributed by atoms with van der Waals surface area (Å²) in [5, 5.41) is 38.8. The number of aromatic nitrogens is 2. The van der Waals surface area contributed by atoms with E-state index in [1.807, 2.05) is 80.5 Å². The predicted molar refractivity (Wildman–Crippen MR) is 342 cm³/mol. The van der Waals surface area contributed by atoms with Crippen LogP contribution >= 0.6 is 7.82 Å². The van der Waals surface area contributed by atoms with E-state index in [2.05, 4.69) is 16.9 Å². The van der Waals surface area contributed by atoms with Crippen molar-refractivity contribution in [2.45, 2.75) is 189 Å². The number of allylic oxidation sites excluding steroid dienone is 6. The number of amides is 7. The normalized spacial score (nSPS) is 32.9. The number of fused-ring (bicyclic) bond motifs is 7. The molecule has 2 aromatic rings. The van der Waals surface area contributed by atoms with Crippen molar-refractivity contribution < 1.29 is 88.9 Å². The summed E-state index contributed by atoms with van der Waals surface area (Å²) in [6.45, 7) is 21.8. The molecule has 7 amide bonds. The Morgan fingerprint density at radius 2 is 1.39 bits per heavy atom. The topological polar surface area (TPSA) is 488 Å². The fraction of sp³-hybridized carbons (Fsp3) is 0.609. The van der Waals surface area contributed by atoms with Crippen molar-refractivity contribution in [1.82, 2.24) is 14.9 Å². The Morgan fingerprint density at radius 3 is 1.96 bits per heavy atom. The zero-order chi connectivity index (χ0) is 69.4. The van der Waals surface area contributed by atoms with Crippen molar-refractivity contribution in [3.05, 3.63) is 82.1 Å². The predicted octanol–water partition coefficient (Wildman–Crippen LogP) is 2.80. The van der Waals surface area contributed by atoms with Gasteiger partial charge in [0.1, 0.15) is 18.3 Å². The van der Waals surface area contributed by atoms with Gasteiger partial charge in [0.25, 0.3) is 7.82 Å². The average molecular weight is 1370 g/mol. The number of aryl methyl sites for hydroxylation is 2. The second kappa shape index (κ2) is 29.2. The first kappa shape index (κ1) is 76.1. The van der Waals surface area contributed by atoms with E-state index in [0.29, 0.717) is 62.7 Å². The number of carbonyl (C=O) groups excluding carboxylic acids is 7. The quantitative estimate of drug-likeness (QED) is 0.0483. The van der Waals surface area contributed by atoms with Gasteiger partial charge in [-0.2, -0.15) is 12.0 Å². The Bertz CT molecular complexity index is 3600. The first-order chi connectivity index (χ1) is 43.2. The zero-order valence-electron chi connectivity index (χ0n) is 55.2. The number of benzene rings is 1. The number of aliphatic imine (C=N–C) groups is 3. The molecule has 28 nitrogen and oxygen atoms in total. The van der Waals surface area contributed by atoms with Crippen LogP contribution in [0.2, 0.25) is 0 Å². The molecule has 8 bridgehead atoms. The number of aliphatic hydroxyl groups is 2. The molecule has 2 fully saturated rings. The van der Waals surface area contributed by atoms with E-state index in [-0.39, 0.29) is 94.0 Å². The molecular formula is C64H91CoN13O15P. The number of imidazole rings is 1. The number of hydrogen-bond acceptors (Lipinski definition) is 19. The number of aliphatic hydroxyl groups excluding tert-OH is 2. The van der Waals surface area contributed by atoms with Crippen molar-refractivity contribution in [3.8, 4) is 0 Å². The average Bonchev–Trinajstić information content (AvgIpc) is 1.53. The Labute approximate surface area is 557 Å². The zero-order valence-corrected chi connectivity index (χ0v) is 57.1. The van der Waals surface area contributed by atoms with Crippen molar-refractivity contribution >= 4 is 77.3 Å². The van der Waals surface area contributed by atoms with Crippen LogP contribution in [0.25, 0.3) is 16.4 Å². The summed E-state index contributed by atoms with van der Waals surface area (Å²) in [4.78, 5) is 128. The molecule has 516 valence electrons. The summed E-state index contributed by atoms with van der Waals surface area (Å²) in [5.41, 5.74) is 36.7. The van der Waals surface area contributed by atoms with Crippen molar-refractivity contribution in [3.63, 3.8) is 0 Å². The third-order valence-electron chi connectivity index (χ3n) is 20.5. The van der Waals surface area contributed by atoms with Crippen molar-refractivity contribution in [2.24, 2.45) is 94.7 Å². The fourth-order valence-electron chi connectivity index (χ4n) is 15.3. The van der Waals surface area contributed by atoms with Crippen LogP contribution in [-0.4, -0.2) is 127 Å². The number of phosphoric ester groups is 1. The van der Waals surface area contributed by atoms with Crippen LogP contribution in [-0.2, 0) is 68.7 Å². The molecule has 8 rings (SSSR count). The minimum Gasteiger partial charge on any atom is -0.878 e. The van der Waals surface area contributed by atoms with Crippen LogP contribution in [0, 0.1) is 59.2 Å². The smallest absolute Gasteiger partial charge is 0.878 e. The largest absolute Gasteiger partial charge is 3.00 e. The number of nitrogens with zero attached hydrogens (tertiary/aromatic N) is 6. The molecule has 15 unspecified atom stereocenters. The maximum absolute atomic E-state index is 14.4. The van der Waals surface area contributed by atoms with Gasteiger partial charge in [-0.25, -0.2) is 4.98 Å². The number of hydrogen-bond donors (Lipinski definition) is 9. The monoisotopic (exact) mass is 1370 g/mol. The Morgan fingerprint density at radius 1 is 0.819 bits per heavy atom. The van der Waals surface area contributed by atoms with Crippen LogP contribution in [0.5, 0.6) is 0 Å². The van der Waals surface area contributed by atoms with Gasteiger partial charge in [-0.1, -0.05) is 40.7 Å². The molecule has 6 aliphatic rings. The summed E-state index contributed by atoms with van der Waals surface area (Å²) < 4.78 is 31.9. The van der Waals surface area contributed by atoms with E-state index in [4.69, 9.17) is 73.6 Å². The number of phosphoric acid groups is 1. The summed E-state index contributed by atoms with van der Waals surface area (Å²) in [5.74, 6) is -7.40. The van der Waals surface area contributed by atoms with E-state index < -0.39 is 143 Å². The first-order valence-corrected chi connectivity index (χ1v) is 32.6. The number of ether oxygens (including phenoxy) is 1. The van der Waals surface area contributed by atoms with Crippen LogP contribution in [0.4, 0.5) is 0 Å². The molecule has 6 aliphatic heterocycles. The summed E-state index contributed by atoms with van der Waals surface area (Å²) in [6.07, 6.45) is -4.29. The van der Waals surface area contributed by atoms with Crippen LogP contribution in [0.15, 0.2) is 80.6 Å². The molecule has 1 aromatic heterocycles. The van der Waals surface area contributed by atoms with E-state index in [1.165, 1.54) is 17.8 Å². The molecule has 0 aliphatic carbocycles. The van der Waals surface area contributed by atoms with Crippen molar-refractivity contribution in [1.29, 1.82) is 0 Å². The fourth-order valence-corrected chi connectivity index (χ4v) is 16.4. The molecule has 0 saturated carbocycles. The maximum Gasteiger partial charge on any atom is 3.00 e. The Kier molecular flexibility index (Phi) is 23.6. The number of primary amides is 6. The standard InChI is InChI=1S/C62H90N13O14P.C2H4O.Co/c1-29-20-39-40(21-30(29)2)75(28-70-39)57-52(84)53(41(27-76)87-57)89-90(85,86)88-31(3)26-69-49(83)18-19-59(8)37(22-46(66)80)56-62(11)61(10,25-48(68)82)36(14-17-45(65)79)51(74-62)33(5)55-60(9,24-47(67)81)34(12-15-43(63)77)38(71-55)23-42-58(6,7)35(13-16-44(64)78)50(72-42)32(4)54(59)73-56;1-2-3;/h20-21,23,28,31,34-37,41,52-53,56-57,76,84H,12-19,22,24-27H2,1-11H3,(H15,63,64,65,66,67,68,69,71,72,73,74,77,78,79,80,81,82,83,85,86);2-3H,1H2;/q;;+3/p-3. The number of nitrogens with one attached hydrogen (secondary N) is 1. The van der Waals surface area contributed by atoms with E-state index in [0.717, 1.165) is 11.1 Å². The van der Waals surface area contributed by atoms with Crippen LogP contribution < -0.4 is 49.7 Å². The van der Waals surface area contributed by atoms with Gasteiger partial charge >= 0.3 is 16.8 Å². The van der Waals surface area contributed by atoms with Gasteiger partial charge in [0.05, 0.1) is 41.3 Å². The molecular weight excluding hydrogens is 1280 g/mol. The Hall–Kier alpha value is -6.95. The van der Waals surface area contributed by atoms with E-state index in [1.54, 1.807) is 6.92 Å². The van der Waals surface area contributed by atoms with Crippen LogP contribution in [0.1, 0.15) is 150 Å². The molecule has 2 saturated heterocycles. The molecule has 15 atom stereocenters. The summed E-state index contributed by atoms with van der Waals surface area (Å²) in [6, 6.07) is 2.65. The Balaban J connectivity index is 0.00000343. The number of carbonyl (C=O) groups is 7. The second-order valence-corrected chi connectivity index (χ2v) is 28.5. The molecule has 30 heteroatoms. The van der Waals surface area contributed by atoms with Gasteiger partial charge in [0, 0.05) is 108 Å². The maximum atomic E-state index is 14.4. The third-order valence-corrected chi connectivity index (χ3v) is 21.6. The SMILES string of the molecule is C/C1=C2N=C(/C=C3N=C(/C(C)=C4\[N-]C(C(CC(N)=O)C4(C)CCC(=O)NCC(C)OP(=O)([O-])OC4C(CO)OC(n5cnc6cc(C)c(C)cc65)C4O)C4(C)N=C1C(CCC(N)=O)C4(C)CC(N)=O)C(CCC(N)=O)C\3(C)C)C(CCC(N)=O)C/2(C)CC(N)=O.C=C[O-].[Co+3]. The van der Waals surface area contributed by atoms with Gasteiger partial charge in [-0.05, 0) is 119 Å². The van der Waals surface area contributed by atoms with Crippen LogP contribution in [0.3, 0.4) is 0 Å². The summed E-state index contributed by atoms with van der Waals surface area (Å²) in [7, 11) is -5.32.